The van der Waals surface area contributed by atoms with Crippen LogP contribution in [0.5, 0.6) is 0 Å². The van der Waals surface area contributed by atoms with Gasteiger partial charge in [0, 0.05) is 25.7 Å². The van der Waals surface area contributed by atoms with Crippen LogP contribution in [0.15, 0.2) is 16.8 Å². The van der Waals surface area contributed by atoms with Crippen molar-refractivity contribution in [3.63, 3.8) is 0 Å². The molecular weight excluding hydrogens is 422 g/mol. The smallest absolute Gasteiger partial charge is 0.305 e. The first-order chi connectivity index (χ1) is 15.7. The lowest BCUT2D eigenvalue weighted by Crippen LogP contribution is -2.54. The molecule has 7 heteroatoms. The standard InChI is InChI=1S/C26H39NO6/c1-16(28)33-18-9-11-25(2)17(14-18)15-21(27-32-13-5-6-23(30)31-4)24-19-7-8-22(29)26(19,3)12-10-20(24)25/h15,18-20,22,24,29H,5-14H2,1-4H3/b27-21-/t18-,19?,20?,22-,24?,25-,26-/m0/s1. The summed E-state index contributed by atoms with van der Waals surface area (Å²) in [7, 11) is 1.39. The topological polar surface area (TPSA) is 94.4 Å². The maximum atomic E-state index is 11.6. The minimum atomic E-state index is -0.261. The maximum absolute atomic E-state index is 11.6. The van der Waals surface area contributed by atoms with Crippen LogP contribution in [0.25, 0.3) is 0 Å². The minimum Gasteiger partial charge on any atom is -0.469 e. The Morgan fingerprint density at radius 3 is 2.67 bits per heavy atom. The SMILES string of the molecule is COC(=O)CCCO/N=C1/C=C2C[C@@H](OC(C)=O)CC[C@]2(C)C2CC[C@@]3(C)C(CC[C@@H]3O)C12. The van der Waals surface area contributed by atoms with Crippen LogP contribution in [0.2, 0.25) is 0 Å². The Labute approximate surface area is 196 Å². The van der Waals surface area contributed by atoms with E-state index in [9.17, 15) is 14.7 Å². The van der Waals surface area contributed by atoms with Crippen molar-refractivity contribution in [1.82, 2.24) is 0 Å². The highest BCUT2D eigenvalue weighted by molar-refractivity contribution is 5.99. The highest BCUT2D eigenvalue weighted by Gasteiger charge is 2.60. The minimum absolute atomic E-state index is 0.0556. The van der Waals surface area contributed by atoms with E-state index in [1.54, 1.807) is 0 Å². The molecule has 3 unspecified atom stereocenters. The van der Waals surface area contributed by atoms with Gasteiger partial charge in [-0.05, 0) is 73.7 Å². The predicted molar refractivity (Wildman–Crippen MR) is 123 cm³/mol. The number of fused-ring (bicyclic) bond motifs is 5. The largest absolute Gasteiger partial charge is 0.469 e. The summed E-state index contributed by atoms with van der Waals surface area (Å²) in [6, 6.07) is 0. The van der Waals surface area contributed by atoms with Gasteiger partial charge in [-0.2, -0.15) is 0 Å². The van der Waals surface area contributed by atoms with Crippen LogP contribution in [0.1, 0.15) is 78.6 Å². The van der Waals surface area contributed by atoms with E-state index in [0.29, 0.717) is 31.3 Å². The molecule has 0 saturated heterocycles. The average molecular weight is 462 g/mol. The molecule has 0 aliphatic heterocycles. The molecule has 0 bridgehead atoms. The molecular formula is C26H39NO6. The molecule has 0 heterocycles. The van der Waals surface area contributed by atoms with Crippen LogP contribution in [-0.2, 0) is 23.9 Å². The van der Waals surface area contributed by atoms with Gasteiger partial charge in [0.2, 0.25) is 0 Å². The van der Waals surface area contributed by atoms with Crippen LogP contribution in [0.4, 0.5) is 0 Å². The second-order valence-electron chi connectivity index (χ2n) is 11.0. The molecule has 4 aliphatic rings. The number of aliphatic hydroxyl groups is 1. The first-order valence-electron chi connectivity index (χ1n) is 12.5. The number of esters is 2. The molecule has 0 radical (unpaired) electrons. The van der Waals surface area contributed by atoms with Crippen molar-refractivity contribution in [3.8, 4) is 0 Å². The van der Waals surface area contributed by atoms with Crippen molar-refractivity contribution >= 4 is 17.7 Å². The van der Waals surface area contributed by atoms with E-state index in [2.05, 4.69) is 25.1 Å². The highest BCUT2D eigenvalue weighted by atomic mass is 16.6. The quantitative estimate of drug-likeness (QED) is 0.362. The summed E-state index contributed by atoms with van der Waals surface area (Å²) in [4.78, 5) is 28.7. The zero-order chi connectivity index (χ0) is 23.8. The van der Waals surface area contributed by atoms with Gasteiger partial charge in [0.1, 0.15) is 12.7 Å². The van der Waals surface area contributed by atoms with Gasteiger partial charge in [0.05, 0.1) is 18.9 Å². The fraction of sp³-hybridized carbons (Fsp3) is 0.808. The monoisotopic (exact) mass is 461 g/mol. The van der Waals surface area contributed by atoms with Crippen molar-refractivity contribution in [2.75, 3.05) is 13.7 Å². The molecule has 4 rings (SSSR count). The van der Waals surface area contributed by atoms with Gasteiger partial charge in [-0.1, -0.05) is 24.6 Å². The lowest BCUT2D eigenvalue weighted by Gasteiger charge is -2.57. The van der Waals surface area contributed by atoms with E-state index in [4.69, 9.17) is 14.3 Å². The van der Waals surface area contributed by atoms with Gasteiger partial charge in [-0.3, -0.25) is 9.59 Å². The molecule has 1 N–H and O–H groups in total. The molecule has 4 aliphatic carbocycles. The second kappa shape index (κ2) is 9.40. The Bertz CT molecular complexity index is 837. The zero-order valence-corrected chi connectivity index (χ0v) is 20.5. The van der Waals surface area contributed by atoms with Crippen molar-refractivity contribution in [1.29, 1.82) is 0 Å². The fourth-order valence-electron chi connectivity index (χ4n) is 7.29. The Kier molecular flexibility index (Phi) is 6.90. The molecule has 0 spiro atoms. The van der Waals surface area contributed by atoms with E-state index < -0.39 is 0 Å². The van der Waals surface area contributed by atoms with Gasteiger partial charge in [0.15, 0.2) is 0 Å². The normalized spacial score (nSPS) is 40.8. The van der Waals surface area contributed by atoms with Crippen LogP contribution in [0, 0.1) is 28.6 Å². The Balaban J connectivity index is 1.61. The fourth-order valence-corrected chi connectivity index (χ4v) is 7.29. The van der Waals surface area contributed by atoms with E-state index >= 15 is 0 Å². The van der Waals surface area contributed by atoms with Crippen molar-refractivity contribution in [2.45, 2.75) is 90.8 Å². The molecule has 3 fully saturated rings. The van der Waals surface area contributed by atoms with Crippen LogP contribution >= 0.6 is 0 Å². The van der Waals surface area contributed by atoms with Crippen LogP contribution < -0.4 is 0 Å². The number of oxime groups is 1. The van der Waals surface area contributed by atoms with E-state index in [1.165, 1.54) is 19.6 Å². The van der Waals surface area contributed by atoms with E-state index in [0.717, 1.165) is 50.7 Å². The molecule has 7 nitrogen and oxygen atoms in total. The van der Waals surface area contributed by atoms with Gasteiger partial charge in [0.25, 0.3) is 0 Å². The molecule has 0 aromatic heterocycles. The third-order valence-electron chi connectivity index (χ3n) is 9.22. The average Bonchev–Trinajstić information content (AvgIpc) is 3.08. The van der Waals surface area contributed by atoms with Crippen LogP contribution in [0.3, 0.4) is 0 Å². The highest BCUT2D eigenvalue weighted by Crippen LogP contribution is 2.64. The lowest BCUT2D eigenvalue weighted by molar-refractivity contribution is -0.148. The van der Waals surface area contributed by atoms with Gasteiger partial charge >= 0.3 is 11.9 Å². The molecule has 33 heavy (non-hydrogen) atoms. The zero-order valence-electron chi connectivity index (χ0n) is 20.5. The van der Waals surface area contributed by atoms with Crippen molar-refractivity contribution in [2.24, 2.45) is 33.7 Å². The summed E-state index contributed by atoms with van der Waals surface area (Å²) in [5.74, 6) is 0.597. The van der Waals surface area contributed by atoms with Crippen LogP contribution in [-0.4, -0.2) is 48.7 Å². The third kappa shape index (κ3) is 4.45. The van der Waals surface area contributed by atoms with Crippen molar-refractivity contribution in [3.05, 3.63) is 11.6 Å². The summed E-state index contributed by atoms with van der Waals surface area (Å²) in [6.07, 6.45) is 9.30. The summed E-state index contributed by atoms with van der Waals surface area (Å²) in [5, 5.41) is 15.4. The number of hydrogen-bond acceptors (Lipinski definition) is 7. The second-order valence-corrected chi connectivity index (χ2v) is 11.0. The number of aliphatic hydroxyl groups excluding tert-OH is 1. The summed E-state index contributed by atoms with van der Waals surface area (Å²) in [6.45, 7) is 6.46. The number of carbonyl (C=O) groups excluding carboxylic acids is 2. The van der Waals surface area contributed by atoms with Gasteiger partial charge < -0.3 is 19.4 Å². The summed E-state index contributed by atoms with van der Waals surface area (Å²) >= 11 is 0. The number of rotatable bonds is 6. The third-order valence-corrected chi connectivity index (χ3v) is 9.22. The van der Waals surface area contributed by atoms with E-state index in [1.807, 2.05) is 0 Å². The number of hydrogen-bond donors (Lipinski definition) is 1. The molecule has 0 aromatic carbocycles. The van der Waals surface area contributed by atoms with Crippen molar-refractivity contribution < 1.29 is 29.0 Å². The molecule has 7 atom stereocenters. The number of nitrogens with zero attached hydrogens (tertiary/aromatic N) is 1. The molecule has 0 amide bonds. The summed E-state index contributed by atoms with van der Waals surface area (Å²) < 4.78 is 10.3. The predicted octanol–water partition coefficient (Wildman–Crippen LogP) is 4.18. The number of carbonyl (C=O) groups is 2. The maximum Gasteiger partial charge on any atom is 0.305 e. The number of methoxy groups -OCH3 is 1. The number of ether oxygens (including phenoxy) is 2. The summed E-state index contributed by atoms with van der Waals surface area (Å²) in [5.41, 5.74) is 2.24. The molecule has 3 saturated carbocycles. The van der Waals surface area contributed by atoms with Gasteiger partial charge in [-0.25, -0.2) is 0 Å². The lowest BCUT2D eigenvalue weighted by atomic mass is 9.47. The van der Waals surface area contributed by atoms with Gasteiger partial charge in [-0.15, -0.1) is 0 Å². The molecule has 0 aromatic rings. The number of allylic oxidation sites excluding steroid dienone is 1. The Morgan fingerprint density at radius 2 is 1.94 bits per heavy atom. The first kappa shape index (κ1) is 24.2. The molecule has 184 valence electrons. The Morgan fingerprint density at radius 1 is 1.15 bits per heavy atom. The first-order valence-corrected chi connectivity index (χ1v) is 12.5. The Hall–Kier alpha value is -1.89. The van der Waals surface area contributed by atoms with E-state index in [-0.39, 0.29) is 40.9 Å².